The highest BCUT2D eigenvalue weighted by atomic mass is 35.5. The molecule has 0 saturated carbocycles. The van der Waals surface area contributed by atoms with Crippen molar-refractivity contribution in [1.82, 2.24) is 14.9 Å². The lowest BCUT2D eigenvalue weighted by molar-refractivity contribution is -0.140. The number of aromatic nitrogens is 2. The van der Waals surface area contributed by atoms with Gasteiger partial charge in [0.15, 0.2) is 5.16 Å². The number of anilines is 1. The summed E-state index contributed by atoms with van der Waals surface area (Å²) in [7, 11) is 0. The number of ether oxygens (including phenoxy) is 1. The summed E-state index contributed by atoms with van der Waals surface area (Å²) >= 11 is 7.43. The van der Waals surface area contributed by atoms with Crippen LogP contribution in [0.1, 0.15) is 13.8 Å². The van der Waals surface area contributed by atoms with E-state index in [4.69, 9.17) is 16.3 Å². The minimum Gasteiger partial charge on any atom is -0.372 e. The van der Waals surface area contributed by atoms with Gasteiger partial charge in [-0.05, 0) is 13.8 Å². The van der Waals surface area contributed by atoms with Crippen LogP contribution in [0.15, 0.2) is 36.5 Å². The highest BCUT2D eigenvalue weighted by molar-refractivity contribution is 7.99. The van der Waals surface area contributed by atoms with Crippen molar-refractivity contribution < 1.29 is 9.53 Å². The minimum absolute atomic E-state index is 0.0492. The Morgan fingerprint density at radius 1 is 1.35 bits per heavy atom. The molecule has 1 amide bonds. The third-order valence-electron chi connectivity index (χ3n) is 3.78. The molecule has 0 aromatic carbocycles. The molecule has 26 heavy (non-hydrogen) atoms. The van der Waals surface area contributed by atoms with Gasteiger partial charge in [-0.2, -0.15) is 0 Å². The quantitative estimate of drug-likeness (QED) is 0.291. The average Bonchev–Trinajstić information content (AvgIpc) is 2.58. The first-order valence-corrected chi connectivity index (χ1v) is 9.86. The van der Waals surface area contributed by atoms with E-state index in [1.807, 2.05) is 23.6 Å². The number of carbonyl (C=O) groups excluding carboxylic acids is 1. The van der Waals surface area contributed by atoms with E-state index in [0.29, 0.717) is 42.3 Å². The molecular weight excluding hydrogens is 372 g/mol. The fourth-order valence-electron chi connectivity index (χ4n) is 2.78. The monoisotopic (exact) mass is 396 g/mol. The molecule has 2 heterocycles. The smallest absolute Gasteiger partial charge is 0.233 e. The third kappa shape index (κ3) is 6.00. The molecule has 0 aliphatic carbocycles. The lowest BCUT2D eigenvalue weighted by Gasteiger charge is -2.35. The predicted molar refractivity (Wildman–Crippen MR) is 107 cm³/mol. The molecule has 1 aliphatic rings. The molecule has 1 fully saturated rings. The van der Waals surface area contributed by atoms with E-state index in [-0.39, 0.29) is 23.9 Å². The second-order valence-electron chi connectivity index (χ2n) is 6.16. The maximum absolute atomic E-state index is 12.5. The van der Waals surface area contributed by atoms with Crippen molar-refractivity contribution in [3.63, 3.8) is 0 Å². The van der Waals surface area contributed by atoms with E-state index in [2.05, 4.69) is 23.1 Å². The minimum atomic E-state index is 0.0492. The molecule has 0 radical (unpaired) electrons. The van der Waals surface area contributed by atoms with Crippen molar-refractivity contribution >= 4 is 35.1 Å². The molecule has 2 atom stereocenters. The number of hydrogen-bond donors (Lipinski definition) is 0. The standard InChI is InChI=1S/C18H25ClN4O2S/c1-5-7-22(8-6-2)16-9-15(19)20-18(21-16)26-12-17(24)23-10-13(3)25-14(4)11-23/h5-6,9,13-14H,1-2,7-8,10-12H2,3-4H3. The number of amides is 1. The predicted octanol–water partition coefficient (Wildman–Crippen LogP) is 3.04. The molecule has 2 unspecified atom stereocenters. The molecule has 142 valence electrons. The molecule has 1 aromatic rings. The van der Waals surface area contributed by atoms with Gasteiger partial charge in [0.1, 0.15) is 11.0 Å². The normalized spacial score (nSPS) is 19.9. The Hall–Kier alpha value is -1.57. The number of rotatable bonds is 8. The molecular formula is C18H25ClN4O2S. The first kappa shape index (κ1) is 20.7. The maximum atomic E-state index is 12.5. The van der Waals surface area contributed by atoms with Crippen LogP contribution in [-0.4, -0.2) is 64.9 Å². The van der Waals surface area contributed by atoms with E-state index in [1.165, 1.54) is 11.8 Å². The number of halogens is 1. The van der Waals surface area contributed by atoms with Crippen molar-refractivity contribution in [1.29, 1.82) is 0 Å². The highest BCUT2D eigenvalue weighted by Crippen LogP contribution is 2.23. The fourth-order valence-corrected chi connectivity index (χ4v) is 3.77. The van der Waals surface area contributed by atoms with Gasteiger partial charge in [-0.1, -0.05) is 35.5 Å². The second kappa shape index (κ2) is 9.94. The summed E-state index contributed by atoms with van der Waals surface area (Å²) in [5.74, 6) is 1.01. The number of hydrogen-bond acceptors (Lipinski definition) is 6. The maximum Gasteiger partial charge on any atom is 0.233 e. The van der Waals surface area contributed by atoms with Crippen molar-refractivity contribution in [2.45, 2.75) is 31.2 Å². The Morgan fingerprint density at radius 2 is 1.96 bits per heavy atom. The highest BCUT2D eigenvalue weighted by Gasteiger charge is 2.26. The Bertz CT molecular complexity index is 638. The van der Waals surface area contributed by atoms with E-state index in [1.54, 1.807) is 18.2 Å². The van der Waals surface area contributed by atoms with Crippen LogP contribution in [-0.2, 0) is 9.53 Å². The van der Waals surface area contributed by atoms with Crippen LogP contribution in [0.4, 0.5) is 5.82 Å². The van der Waals surface area contributed by atoms with Crippen molar-refractivity contribution in [2.75, 3.05) is 36.8 Å². The largest absolute Gasteiger partial charge is 0.372 e. The van der Waals surface area contributed by atoms with E-state index >= 15 is 0 Å². The number of thioether (sulfide) groups is 1. The molecule has 1 aromatic heterocycles. The van der Waals surface area contributed by atoms with Gasteiger partial charge in [0.2, 0.25) is 5.91 Å². The van der Waals surface area contributed by atoms with Gasteiger partial charge in [-0.15, -0.1) is 13.2 Å². The molecule has 1 aliphatic heterocycles. The van der Waals surface area contributed by atoms with Gasteiger partial charge in [0.25, 0.3) is 0 Å². The van der Waals surface area contributed by atoms with Gasteiger partial charge in [-0.3, -0.25) is 4.79 Å². The van der Waals surface area contributed by atoms with Gasteiger partial charge >= 0.3 is 0 Å². The van der Waals surface area contributed by atoms with Crippen LogP contribution in [0.2, 0.25) is 5.15 Å². The summed E-state index contributed by atoms with van der Waals surface area (Å²) < 4.78 is 5.67. The van der Waals surface area contributed by atoms with E-state index in [0.717, 1.165) is 0 Å². The molecule has 6 nitrogen and oxygen atoms in total. The van der Waals surface area contributed by atoms with Gasteiger partial charge < -0.3 is 14.5 Å². The topological polar surface area (TPSA) is 58.6 Å². The summed E-state index contributed by atoms with van der Waals surface area (Å²) in [5, 5.41) is 0.824. The Labute approximate surface area is 164 Å². The van der Waals surface area contributed by atoms with Crippen LogP contribution in [0, 0.1) is 0 Å². The van der Waals surface area contributed by atoms with Crippen molar-refractivity contribution in [3.05, 3.63) is 36.5 Å². The zero-order valence-electron chi connectivity index (χ0n) is 15.2. The zero-order valence-corrected chi connectivity index (χ0v) is 16.8. The zero-order chi connectivity index (χ0) is 19.1. The summed E-state index contributed by atoms with van der Waals surface area (Å²) in [6.45, 7) is 13.9. The van der Waals surface area contributed by atoms with Crippen LogP contribution in [0.5, 0.6) is 0 Å². The summed E-state index contributed by atoms with van der Waals surface area (Å²) in [5.41, 5.74) is 0. The Kier molecular flexibility index (Phi) is 7.93. The van der Waals surface area contributed by atoms with Crippen molar-refractivity contribution in [2.24, 2.45) is 0 Å². The number of nitrogens with zero attached hydrogens (tertiary/aromatic N) is 4. The molecule has 0 N–H and O–H groups in total. The summed E-state index contributed by atoms with van der Waals surface area (Å²) in [6, 6.07) is 1.70. The number of morpholine rings is 1. The summed E-state index contributed by atoms with van der Waals surface area (Å²) in [4.78, 5) is 25.1. The Balaban J connectivity index is 2.03. The van der Waals surface area contributed by atoms with Crippen LogP contribution < -0.4 is 4.90 Å². The van der Waals surface area contributed by atoms with Crippen LogP contribution in [0.25, 0.3) is 0 Å². The molecule has 8 heteroatoms. The van der Waals surface area contributed by atoms with Gasteiger partial charge in [0, 0.05) is 32.2 Å². The lowest BCUT2D eigenvalue weighted by Crippen LogP contribution is -2.48. The van der Waals surface area contributed by atoms with E-state index < -0.39 is 0 Å². The lowest BCUT2D eigenvalue weighted by atomic mass is 10.2. The SMILES string of the molecule is C=CCN(CC=C)c1cc(Cl)nc(SCC(=O)N2CC(C)OC(C)C2)n1. The van der Waals surface area contributed by atoms with Crippen LogP contribution >= 0.6 is 23.4 Å². The molecule has 0 bridgehead atoms. The van der Waals surface area contributed by atoms with E-state index in [9.17, 15) is 4.79 Å². The summed E-state index contributed by atoms with van der Waals surface area (Å²) in [6.07, 6.45) is 3.67. The molecule has 1 saturated heterocycles. The Morgan fingerprint density at radius 3 is 2.54 bits per heavy atom. The molecule has 0 spiro atoms. The van der Waals surface area contributed by atoms with Crippen LogP contribution in [0.3, 0.4) is 0 Å². The number of carbonyl (C=O) groups is 1. The third-order valence-corrected chi connectivity index (χ3v) is 4.81. The average molecular weight is 397 g/mol. The second-order valence-corrected chi connectivity index (χ2v) is 7.49. The van der Waals surface area contributed by atoms with Gasteiger partial charge in [0.05, 0.1) is 18.0 Å². The fraction of sp³-hybridized carbons (Fsp3) is 0.500. The first-order chi connectivity index (χ1) is 12.4. The van der Waals surface area contributed by atoms with Crippen molar-refractivity contribution in [3.8, 4) is 0 Å². The molecule has 2 rings (SSSR count). The van der Waals surface area contributed by atoms with Gasteiger partial charge in [-0.25, -0.2) is 9.97 Å². The first-order valence-electron chi connectivity index (χ1n) is 8.50.